The van der Waals surface area contributed by atoms with Crippen LogP contribution in [-0.4, -0.2) is 35.1 Å². The standard InChI is InChI=1S/C16H23NO2/c1-11-6-7-12(2)14(9-11)16(19)17-8-4-5-13(3)15(17)10-18/h6-7,9,13,15,18H,4-5,8,10H2,1-3H3. The number of hydrogen-bond donors (Lipinski definition) is 1. The maximum absolute atomic E-state index is 12.7. The van der Waals surface area contributed by atoms with Crippen LogP contribution < -0.4 is 0 Å². The highest BCUT2D eigenvalue weighted by molar-refractivity contribution is 5.96. The molecule has 0 radical (unpaired) electrons. The molecule has 2 rings (SSSR count). The molecule has 0 bridgehead atoms. The number of rotatable bonds is 2. The van der Waals surface area contributed by atoms with Gasteiger partial charge in [-0.3, -0.25) is 4.79 Å². The Labute approximate surface area is 115 Å². The van der Waals surface area contributed by atoms with Crippen molar-refractivity contribution in [3.8, 4) is 0 Å². The second-order valence-electron chi connectivity index (χ2n) is 5.69. The van der Waals surface area contributed by atoms with Crippen molar-refractivity contribution >= 4 is 5.91 Å². The van der Waals surface area contributed by atoms with Gasteiger partial charge in [0.05, 0.1) is 12.6 Å². The van der Waals surface area contributed by atoms with E-state index in [0.29, 0.717) is 5.92 Å². The summed E-state index contributed by atoms with van der Waals surface area (Å²) in [6.07, 6.45) is 2.11. The molecule has 0 spiro atoms. The van der Waals surface area contributed by atoms with Gasteiger partial charge in [0.2, 0.25) is 0 Å². The fourth-order valence-corrected chi connectivity index (χ4v) is 2.90. The SMILES string of the molecule is Cc1ccc(C)c(C(=O)N2CCCC(C)C2CO)c1. The summed E-state index contributed by atoms with van der Waals surface area (Å²) in [5.74, 6) is 0.430. The van der Waals surface area contributed by atoms with Crippen LogP contribution in [0.3, 0.4) is 0 Å². The summed E-state index contributed by atoms with van der Waals surface area (Å²) in [5, 5.41) is 9.56. The van der Waals surface area contributed by atoms with Gasteiger partial charge in [-0.1, -0.05) is 24.6 Å². The number of hydrogen-bond acceptors (Lipinski definition) is 2. The number of likely N-dealkylation sites (tertiary alicyclic amines) is 1. The quantitative estimate of drug-likeness (QED) is 0.888. The number of amides is 1. The number of carbonyl (C=O) groups excluding carboxylic acids is 1. The van der Waals surface area contributed by atoms with Crippen LogP contribution in [-0.2, 0) is 0 Å². The van der Waals surface area contributed by atoms with E-state index >= 15 is 0 Å². The minimum atomic E-state index is -0.0406. The lowest BCUT2D eigenvalue weighted by Crippen LogP contribution is -2.49. The first kappa shape index (κ1) is 14.1. The van der Waals surface area contributed by atoms with Crippen LogP contribution in [0.15, 0.2) is 18.2 Å². The number of carbonyl (C=O) groups is 1. The Balaban J connectivity index is 2.29. The van der Waals surface area contributed by atoms with Gasteiger partial charge in [0.15, 0.2) is 0 Å². The van der Waals surface area contributed by atoms with Gasteiger partial charge in [-0.05, 0) is 44.2 Å². The summed E-state index contributed by atoms with van der Waals surface area (Å²) in [6, 6.07) is 5.92. The molecule has 1 saturated heterocycles. The van der Waals surface area contributed by atoms with Crippen LogP contribution >= 0.6 is 0 Å². The third kappa shape index (κ3) is 2.81. The van der Waals surface area contributed by atoms with Crippen molar-refractivity contribution in [1.29, 1.82) is 0 Å². The molecule has 0 aromatic heterocycles. The highest BCUT2D eigenvalue weighted by atomic mass is 16.3. The van der Waals surface area contributed by atoms with Gasteiger partial charge < -0.3 is 10.0 Å². The molecule has 1 aromatic carbocycles. The molecule has 2 unspecified atom stereocenters. The molecule has 1 heterocycles. The van der Waals surface area contributed by atoms with Gasteiger partial charge in [0.25, 0.3) is 5.91 Å². The molecule has 2 atom stereocenters. The molecule has 1 aromatic rings. The zero-order valence-corrected chi connectivity index (χ0v) is 12.0. The van der Waals surface area contributed by atoms with E-state index in [1.54, 1.807) is 0 Å². The first-order chi connectivity index (χ1) is 9.04. The van der Waals surface area contributed by atoms with Crippen LogP contribution in [0.1, 0.15) is 41.3 Å². The Bertz CT molecular complexity index is 470. The monoisotopic (exact) mass is 261 g/mol. The maximum atomic E-state index is 12.7. The second kappa shape index (κ2) is 5.74. The number of piperidine rings is 1. The molecule has 1 aliphatic rings. The first-order valence-corrected chi connectivity index (χ1v) is 7.03. The minimum Gasteiger partial charge on any atom is -0.394 e. The van der Waals surface area contributed by atoms with Gasteiger partial charge in [-0.15, -0.1) is 0 Å². The third-order valence-corrected chi connectivity index (χ3v) is 4.19. The number of benzene rings is 1. The minimum absolute atomic E-state index is 0.0406. The van der Waals surface area contributed by atoms with Crippen LogP contribution in [0, 0.1) is 19.8 Å². The molecule has 1 N–H and O–H groups in total. The largest absolute Gasteiger partial charge is 0.394 e. The van der Waals surface area contributed by atoms with E-state index in [2.05, 4.69) is 6.92 Å². The highest BCUT2D eigenvalue weighted by Gasteiger charge is 2.32. The first-order valence-electron chi connectivity index (χ1n) is 7.03. The van der Waals surface area contributed by atoms with E-state index in [0.717, 1.165) is 36.1 Å². The Morgan fingerprint density at radius 1 is 1.42 bits per heavy atom. The predicted octanol–water partition coefficient (Wildman–Crippen LogP) is 2.54. The molecular weight excluding hydrogens is 238 g/mol. The lowest BCUT2D eigenvalue weighted by Gasteiger charge is -2.39. The van der Waals surface area contributed by atoms with Crippen molar-refractivity contribution in [2.75, 3.05) is 13.2 Å². The molecule has 1 amide bonds. The van der Waals surface area contributed by atoms with Gasteiger partial charge in [-0.2, -0.15) is 0 Å². The van der Waals surface area contributed by atoms with Gasteiger partial charge in [0, 0.05) is 12.1 Å². The number of aryl methyl sites for hydroxylation is 2. The van der Waals surface area contributed by atoms with E-state index in [4.69, 9.17) is 0 Å². The zero-order chi connectivity index (χ0) is 14.0. The summed E-state index contributed by atoms with van der Waals surface area (Å²) >= 11 is 0. The summed E-state index contributed by atoms with van der Waals surface area (Å²) in [5.41, 5.74) is 2.87. The molecule has 3 heteroatoms. The predicted molar refractivity (Wildman–Crippen MR) is 76.2 cm³/mol. The second-order valence-corrected chi connectivity index (χ2v) is 5.69. The van der Waals surface area contributed by atoms with Crippen molar-refractivity contribution in [2.45, 2.75) is 39.7 Å². The Kier molecular flexibility index (Phi) is 4.25. The zero-order valence-electron chi connectivity index (χ0n) is 12.0. The average molecular weight is 261 g/mol. The number of nitrogens with zero attached hydrogens (tertiary/aromatic N) is 1. The number of aliphatic hydroxyl groups is 1. The van der Waals surface area contributed by atoms with E-state index in [1.807, 2.05) is 36.9 Å². The lowest BCUT2D eigenvalue weighted by molar-refractivity contribution is 0.0357. The van der Waals surface area contributed by atoms with Crippen molar-refractivity contribution in [2.24, 2.45) is 5.92 Å². The topological polar surface area (TPSA) is 40.5 Å². The highest BCUT2D eigenvalue weighted by Crippen LogP contribution is 2.25. The molecule has 3 nitrogen and oxygen atoms in total. The van der Waals surface area contributed by atoms with E-state index in [-0.39, 0.29) is 18.6 Å². The van der Waals surface area contributed by atoms with Crippen molar-refractivity contribution < 1.29 is 9.90 Å². The smallest absolute Gasteiger partial charge is 0.254 e. The summed E-state index contributed by atoms with van der Waals surface area (Å²) in [7, 11) is 0. The molecule has 0 saturated carbocycles. The summed E-state index contributed by atoms with van der Waals surface area (Å²) in [6.45, 7) is 6.88. The van der Waals surface area contributed by atoms with Crippen molar-refractivity contribution in [1.82, 2.24) is 4.90 Å². The molecule has 19 heavy (non-hydrogen) atoms. The fraction of sp³-hybridized carbons (Fsp3) is 0.562. The van der Waals surface area contributed by atoms with E-state index in [1.165, 1.54) is 0 Å². The molecular formula is C16H23NO2. The Morgan fingerprint density at radius 3 is 2.84 bits per heavy atom. The fourth-order valence-electron chi connectivity index (χ4n) is 2.90. The van der Waals surface area contributed by atoms with E-state index < -0.39 is 0 Å². The molecule has 1 aliphatic heterocycles. The average Bonchev–Trinajstić information content (AvgIpc) is 2.40. The van der Waals surface area contributed by atoms with Gasteiger partial charge in [0.1, 0.15) is 0 Å². The third-order valence-electron chi connectivity index (χ3n) is 4.19. The van der Waals surface area contributed by atoms with Crippen LogP contribution in [0.25, 0.3) is 0 Å². The summed E-state index contributed by atoms with van der Waals surface area (Å²) < 4.78 is 0. The molecule has 0 aliphatic carbocycles. The van der Waals surface area contributed by atoms with Gasteiger partial charge >= 0.3 is 0 Å². The van der Waals surface area contributed by atoms with Crippen LogP contribution in [0.2, 0.25) is 0 Å². The maximum Gasteiger partial charge on any atom is 0.254 e. The van der Waals surface area contributed by atoms with Crippen LogP contribution in [0.5, 0.6) is 0 Å². The normalized spacial score (nSPS) is 23.5. The van der Waals surface area contributed by atoms with Gasteiger partial charge in [-0.25, -0.2) is 0 Å². The van der Waals surface area contributed by atoms with Crippen LogP contribution in [0.4, 0.5) is 0 Å². The lowest BCUT2D eigenvalue weighted by atomic mass is 9.90. The number of aliphatic hydroxyl groups excluding tert-OH is 1. The molecule has 1 fully saturated rings. The van der Waals surface area contributed by atoms with Crippen molar-refractivity contribution in [3.05, 3.63) is 34.9 Å². The molecule has 104 valence electrons. The summed E-state index contributed by atoms with van der Waals surface area (Å²) in [4.78, 5) is 14.6. The van der Waals surface area contributed by atoms with E-state index in [9.17, 15) is 9.90 Å². The Morgan fingerprint density at radius 2 is 2.16 bits per heavy atom. The Hall–Kier alpha value is -1.35. The van der Waals surface area contributed by atoms with Crippen molar-refractivity contribution in [3.63, 3.8) is 0 Å².